The first-order valence-electron chi connectivity index (χ1n) is 9.67. The van der Waals surface area contributed by atoms with Gasteiger partial charge in [-0.15, -0.1) is 0 Å². The number of aromatic nitrogens is 1. The topological polar surface area (TPSA) is 48.1 Å². The molecule has 6 heteroatoms. The van der Waals surface area contributed by atoms with Crippen LogP contribution in [0, 0.1) is 5.82 Å². The van der Waals surface area contributed by atoms with Crippen molar-refractivity contribution in [1.29, 1.82) is 0 Å². The van der Waals surface area contributed by atoms with Crippen LogP contribution >= 0.6 is 11.6 Å². The number of fused-ring (bicyclic) bond motifs is 1. The van der Waals surface area contributed by atoms with E-state index in [0.717, 1.165) is 42.4 Å². The molecule has 146 valence electrons. The molecule has 0 bridgehead atoms. The maximum absolute atomic E-state index is 13.8. The van der Waals surface area contributed by atoms with E-state index in [-0.39, 0.29) is 17.8 Å². The summed E-state index contributed by atoms with van der Waals surface area (Å²) in [6.45, 7) is 2.31. The largest absolute Gasteiger partial charge is 0.361 e. The maximum atomic E-state index is 13.8. The molecule has 0 spiro atoms. The number of aromatic amines is 1. The number of rotatable bonds is 5. The van der Waals surface area contributed by atoms with Crippen molar-refractivity contribution in [3.8, 4) is 0 Å². The molecule has 0 aliphatic carbocycles. The highest BCUT2D eigenvalue weighted by Crippen LogP contribution is 2.28. The van der Waals surface area contributed by atoms with Crippen molar-refractivity contribution < 1.29 is 9.18 Å². The zero-order chi connectivity index (χ0) is 19.5. The van der Waals surface area contributed by atoms with Crippen LogP contribution in [-0.2, 0) is 0 Å². The minimum Gasteiger partial charge on any atom is -0.361 e. The molecule has 2 heterocycles. The number of H-pyrrole nitrogens is 1. The lowest BCUT2D eigenvalue weighted by atomic mass is 10.0. The molecule has 0 radical (unpaired) electrons. The van der Waals surface area contributed by atoms with Crippen LogP contribution in [0.4, 0.5) is 4.39 Å². The average molecular weight is 400 g/mol. The van der Waals surface area contributed by atoms with Gasteiger partial charge in [0.15, 0.2) is 0 Å². The predicted octanol–water partition coefficient (Wildman–Crippen LogP) is 4.92. The average Bonchev–Trinajstić information content (AvgIpc) is 3.19. The van der Waals surface area contributed by atoms with Crippen LogP contribution < -0.4 is 5.32 Å². The Morgan fingerprint density at radius 3 is 2.79 bits per heavy atom. The first kappa shape index (κ1) is 19.0. The van der Waals surface area contributed by atoms with Crippen molar-refractivity contribution in [1.82, 2.24) is 15.2 Å². The van der Waals surface area contributed by atoms with Gasteiger partial charge in [0.2, 0.25) is 0 Å². The van der Waals surface area contributed by atoms with Gasteiger partial charge in [0, 0.05) is 23.6 Å². The Balaban J connectivity index is 1.54. The van der Waals surface area contributed by atoms with Gasteiger partial charge in [0.25, 0.3) is 5.91 Å². The second kappa shape index (κ2) is 8.33. The van der Waals surface area contributed by atoms with Crippen LogP contribution in [0.15, 0.2) is 48.7 Å². The van der Waals surface area contributed by atoms with Gasteiger partial charge in [0.05, 0.1) is 16.6 Å². The zero-order valence-electron chi connectivity index (χ0n) is 15.6. The van der Waals surface area contributed by atoms with Gasteiger partial charge in [0.1, 0.15) is 5.82 Å². The second-order valence-corrected chi connectivity index (χ2v) is 7.62. The normalized spacial score (nSPS) is 16.2. The van der Waals surface area contributed by atoms with Gasteiger partial charge in [-0.1, -0.05) is 30.2 Å². The molecule has 1 amide bonds. The van der Waals surface area contributed by atoms with E-state index in [2.05, 4.69) is 15.2 Å². The number of nitrogens with zero attached hydrogens (tertiary/aromatic N) is 1. The van der Waals surface area contributed by atoms with Gasteiger partial charge in [-0.2, -0.15) is 0 Å². The van der Waals surface area contributed by atoms with E-state index in [0.29, 0.717) is 17.1 Å². The van der Waals surface area contributed by atoms with E-state index in [1.807, 2.05) is 18.2 Å². The summed E-state index contributed by atoms with van der Waals surface area (Å²) in [5, 5.41) is 4.28. The van der Waals surface area contributed by atoms with Gasteiger partial charge >= 0.3 is 0 Å². The Bertz CT molecular complexity index is 981. The number of halogens is 2. The summed E-state index contributed by atoms with van der Waals surface area (Å²) in [7, 11) is 0. The highest BCUT2D eigenvalue weighted by atomic mass is 35.5. The molecule has 0 saturated carbocycles. The van der Waals surface area contributed by atoms with E-state index in [1.54, 1.807) is 24.4 Å². The Hall–Kier alpha value is -2.37. The van der Waals surface area contributed by atoms with E-state index in [4.69, 9.17) is 11.6 Å². The standard InChI is InChI=1S/C22H23ClFN3O/c23-21-17-9-10-25-19(17)8-7-18(21)22(28)26-14-20(27-11-2-1-3-12-27)15-5-4-6-16(24)13-15/h4-10,13,20,25H,1-3,11-12,14H2,(H,26,28). The van der Waals surface area contributed by atoms with Crippen molar-refractivity contribution >= 4 is 28.4 Å². The molecule has 1 fully saturated rings. The van der Waals surface area contributed by atoms with Gasteiger partial charge in [-0.05, 0) is 61.8 Å². The molecule has 1 atom stereocenters. The fourth-order valence-corrected chi connectivity index (χ4v) is 4.27. The van der Waals surface area contributed by atoms with Crippen LogP contribution in [0.25, 0.3) is 10.9 Å². The Morgan fingerprint density at radius 2 is 2.00 bits per heavy atom. The highest BCUT2D eigenvalue weighted by molar-refractivity contribution is 6.38. The molecule has 1 unspecified atom stereocenters. The number of carbonyl (C=O) groups excluding carboxylic acids is 1. The monoisotopic (exact) mass is 399 g/mol. The predicted molar refractivity (Wildman–Crippen MR) is 110 cm³/mol. The molecule has 3 aromatic rings. The van der Waals surface area contributed by atoms with E-state index in [9.17, 15) is 9.18 Å². The number of hydrogen-bond acceptors (Lipinski definition) is 2. The third kappa shape index (κ3) is 3.91. The van der Waals surface area contributed by atoms with Gasteiger partial charge in [-0.3, -0.25) is 9.69 Å². The molecule has 1 saturated heterocycles. The lowest BCUT2D eigenvalue weighted by Crippen LogP contribution is -2.40. The third-order valence-electron chi connectivity index (χ3n) is 5.43. The molecule has 28 heavy (non-hydrogen) atoms. The molecule has 1 aromatic heterocycles. The Morgan fingerprint density at radius 1 is 1.18 bits per heavy atom. The first-order valence-corrected chi connectivity index (χ1v) is 10.0. The van der Waals surface area contributed by atoms with Crippen molar-refractivity contribution in [2.75, 3.05) is 19.6 Å². The summed E-state index contributed by atoms with van der Waals surface area (Å²) in [6, 6.07) is 12.0. The number of nitrogens with one attached hydrogen (secondary N) is 2. The van der Waals surface area contributed by atoms with Gasteiger partial charge < -0.3 is 10.3 Å². The Labute approximate surface area is 168 Å². The molecular weight excluding hydrogens is 377 g/mol. The van der Waals surface area contributed by atoms with E-state index >= 15 is 0 Å². The Kier molecular flexibility index (Phi) is 5.64. The fourth-order valence-electron chi connectivity index (χ4n) is 3.96. The van der Waals surface area contributed by atoms with Crippen LogP contribution in [0.2, 0.25) is 5.02 Å². The summed E-state index contributed by atoms with van der Waals surface area (Å²) >= 11 is 6.44. The summed E-state index contributed by atoms with van der Waals surface area (Å²) in [5.41, 5.74) is 2.23. The van der Waals surface area contributed by atoms with E-state index < -0.39 is 0 Å². The number of amides is 1. The summed E-state index contributed by atoms with van der Waals surface area (Å²) in [4.78, 5) is 18.2. The molecule has 4 nitrogen and oxygen atoms in total. The third-order valence-corrected chi connectivity index (χ3v) is 5.84. The van der Waals surface area contributed by atoms with Gasteiger partial charge in [-0.25, -0.2) is 4.39 Å². The fraction of sp³-hybridized carbons (Fsp3) is 0.318. The number of carbonyl (C=O) groups is 1. The van der Waals surface area contributed by atoms with Crippen molar-refractivity contribution in [3.05, 3.63) is 70.6 Å². The molecule has 2 aromatic carbocycles. The first-order chi connectivity index (χ1) is 13.6. The number of piperidine rings is 1. The van der Waals surface area contributed by atoms with Crippen LogP contribution in [0.1, 0.15) is 41.2 Å². The lowest BCUT2D eigenvalue weighted by Gasteiger charge is -2.35. The number of likely N-dealkylation sites (tertiary alicyclic amines) is 1. The quantitative estimate of drug-likeness (QED) is 0.639. The van der Waals surface area contributed by atoms with Crippen LogP contribution in [0.3, 0.4) is 0 Å². The van der Waals surface area contributed by atoms with Crippen molar-refractivity contribution in [3.63, 3.8) is 0 Å². The number of benzene rings is 2. The molecule has 2 N–H and O–H groups in total. The SMILES string of the molecule is O=C(NCC(c1cccc(F)c1)N1CCCCC1)c1ccc2[nH]ccc2c1Cl. The smallest absolute Gasteiger partial charge is 0.252 e. The van der Waals surface area contributed by atoms with E-state index in [1.165, 1.54) is 12.5 Å². The number of hydrogen-bond donors (Lipinski definition) is 2. The van der Waals surface area contributed by atoms with Crippen LogP contribution in [0.5, 0.6) is 0 Å². The zero-order valence-corrected chi connectivity index (χ0v) is 16.3. The molecule has 1 aliphatic rings. The van der Waals surface area contributed by atoms with Crippen LogP contribution in [-0.4, -0.2) is 35.4 Å². The summed E-state index contributed by atoms with van der Waals surface area (Å²) in [5.74, 6) is -0.474. The highest BCUT2D eigenvalue weighted by Gasteiger charge is 2.24. The van der Waals surface area contributed by atoms with Crippen molar-refractivity contribution in [2.45, 2.75) is 25.3 Å². The minimum absolute atomic E-state index is 0.0604. The summed E-state index contributed by atoms with van der Waals surface area (Å²) < 4.78 is 13.8. The maximum Gasteiger partial charge on any atom is 0.252 e. The lowest BCUT2D eigenvalue weighted by molar-refractivity contribution is 0.0924. The molecule has 1 aliphatic heterocycles. The molecular formula is C22H23ClFN3O. The van der Waals surface area contributed by atoms with Crippen molar-refractivity contribution in [2.24, 2.45) is 0 Å². The second-order valence-electron chi connectivity index (χ2n) is 7.24. The minimum atomic E-state index is -0.258. The molecule has 4 rings (SSSR count). The summed E-state index contributed by atoms with van der Waals surface area (Å²) in [6.07, 6.45) is 5.26.